The van der Waals surface area contributed by atoms with Gasteiger partial charge in [0.1, 0.15) is 29.7 Å². The smallest absolute Gasteiger partial charge is 0.324 e. The van der Waals surface area contributed by atoms with Gasteiger partial charge in [-0.1, -0.05) is 53.6 Å². The summed E-state index contributed by atoms with van der Waals surface area (Å²) in [7, 11) is 1.44. The van der Waals surface area contributed by atoms with Crippen molar-refractivity contribution in [1.82, 2.24) is 14.8 Å². The highest BCUT2D eigenvalue weighted by atomic mass is 127. The Kier molecular flexibility index (Phi) is 10.1. The number of rotatable bonds is 11. The van der Waals surface area contributed by atoms with Crippen molar-refractivity contribution in [2.45, 2.75) is 30.6 Å². The number of carbonyl (C=O) groups is 2. The van der Waals surface area contributed by atoms with E-state index in [-0.39, 0.29) is 22.5 Å². The maximum Gasteiger partial charge on any atom is 0.324 e. The third-order valence-corrected chi connectivity index (χ3v) is 6.99. The molecule has 0 aliphatic carbocycles. The van der Waals surface area contributed by atoms with Crippen molar-refractivity contribution in [2.75, 3.05) is 29.7 Å². The van der Waals surface area contributed by atoms with Gasteiger partial charge in [0.2, 0.25) is 0 Å². The zero-order chi connectivity index (χ0) is 28.5. The van der Waals surface area contributed by atoms with Gasteiger partial charge in [-0.2, -0.15) is 5.10 Å². The Hall–Kier alpha value is -3.97. The number of ether oxygens (including phenoxy) is 2. The van der Waals surface area contributed by atoms with E-state index in [0.29, 0.717) is 28.8 Å². The zero-order valence-corrected chi connectivity index (χ0v) is 24.6. The number of aryl methyl sites for hydroxylation is 1. The molecule has 0 aliphatic heterocycles. The molecule has 2 aromatic heterocycles. The second-order valence-corrected chi connectivity index (χ2v) is 10.5. The SMILES string of the molecule is CCCC(I)c1cc(NC(=O)Nc2ccc(Oc3ccnc(NC(=O)COC)c3)cc2)n(-c2ccc(C)cc2)n1. The van der Waals surface area contributed by atoms with Gasteiger partial charge in [0.05, 0.1) is 15.3 Å². The minimum absolute atomic E-state index is 0.0676. The summed E-state index contributed by atoms with van der Waals surface area (Å²) in [5, 5.41) is 13.2. The molecule has 2 aromatic carbocycles. The predicted octanol–water partition coefficient (Wildman–Crippen LogP) is 6.87. The van der Waals surface area contributed by atoms with E-state index in [1.165, 1.54) is 13.3 Å². The monoisotopic (exact) mass is 654 g/mol. The quantitative estimate of drug-likeness (QED) is 0.120. The van der Waals surface area contributed by atoms with E-state index in [1.54, 1.807) is 41.1 Å². The topological polar surface area (TPSA) is 119 Å². The van der Waals surface area contributed by atoms with Crippen molar-refractivity contribution in [1.29, 1.82) is 0 Å². The van der Waals surface area contributed by atoms with E-state index in [2.05, 4.69) is 50.4 Å². The molecule has 40 heavy (non-hydrogen) atoms. The van der Waals surface area contributed by atoms with Gasteiger partial charge in [-0.3, -0.25) is 10.1 Å². The molecule has 0 fully saturated rings. The van der Waals surface area contributed by atoms with Crippen molar-refractivity contribution >= 4 is 51.9 Å². The third-order valence-electron chi connectivity index (χ3n) is 5.73. The Morgan fingerprint density at radius 2 is 1.73 bits per heavy atom. The Labute approximate surface area is 246 Å². The number of amides is 3. The Bertz CT molecular complexity index is 1440. The molecular formula is C29H31IN6O4. The molecule has 0 aliphatic rings. The van der Waals surface area contributed by atoms with Crippen LogP contribution in [-0.4, -0.2) is 40.4 Å². The average molecular weight is 655 g/mol. The largest absolute Gasteiger partial charge is 0.457 e. The highest BCUT2D eigenvalue weighted by Gasteiger charge is 2.17. The van der Waals surface area contributed by atoms with Crippen LogP contribution in [-0.2, 0) is 9.53 Å². The minimum Gasteiger partial charge on any atom is -0.457 e. The van der Waals surface area contributed by atoms with Crippen LogP contribution in [0.5, 0.6) is 11.5 Å². The summed E-state index contributed by atoms with van der Waals surface area (Å²) in [6.07, 6.45) is 3.57. The van der Waals surface area contributed by atoms with Gasteiger partial charge in [0.15, 0.2) is 0 Å². The van der Waals surface area contributed by atoms with Crippen molar-refractivity contribution in [3.8, 4) is 17.2 Å². The van der Waals surface area contributed by atoms with Crippen molar-refractivity contribution in [3.63, 3.8) is 0 Å². The van der Waals surface area contributed by atoms with Crippen molar-refractivity contribution in [3.05, 3.63) is 84.2 Å². The lowest BCUT2D eigenvalue weighted by Gasteiger charge is -2.11. The Morgan fingerprint density at radius 1 is 0.975 bits per heavy atom. The fourth-order valence-corrected chi connectivity index (χ4v) is 4.73. The van der Waals surface area contributed by atoms with Gasteiger partial charge in [-0.05, 0) is 55.8 Å². The summed E-state index contributed by atoms with van der Waals surface area (Å²) in [5.41, 5.74) is 3.52. The van der Waals surface area contributed by atoms with E-state index < -0.39 is 0 Å². The lowest BCUT2D eigenvalue weighted by Crippen LogP contribution is -2.21. The fourth-order valence-electron chi connectivity index (χ4n) is 3.80. The molecule has 4 rings (SSSR count). The number of alkyl halides is 1. The van der Waals surface area contributed by atoms with Crippen LogP contribution in [0.3, 0.4) is 0 Å². The molecule has 11 heteroatoms. The summed E-state index contributed by atoms with van der Waals surface area (Å²) < 4.78 is 12.7. The summed E-state index contributed by atoms with van der Waals surface area (Å²) in [6, 6.07) is 19.8. The molecule has 0 bridgehead atoms. The first-order chi connectivity index (χ1) is 19.3. The molecular weight excluding hydrogens is 623 g/mol. The molecule has 0 saturated heterocycles. The molecule has 0 spiro atoms. The lowest BCUT2D eigenvalue weighted by atomic mass is 10.2. The molecule has 1 atom stereocenters. The maximum absolute atomic E-state index is 12.9. The summed E-state index contributed by atoms with van der Waals surface area (Å²) in [4.78, 5) is 28.8. The number of urea groups is 1. The number of nitrogens with zero attached hydrogens (tertiary/aromatic N) is 3. The van der Waals surface area contributed by atoms with Crippen LogP contribution in [0.15, 0.2) is 72.9 Å². The van der Waals surface area contributed by atoms with Crippen LogP contribution in [0.4, 0.5) is 22.1 Å². The number of nitrogens with one attached hydrogen (secondary N) is 3. The zero-order valence-electron chi connectivity index (χ0n) is 22.5. The highest BCUT2D eigenvalue weighted by molar-refractivity contribution is 14.1. The number of pyridine rings is 1. The number of halogens is 1. The maximum atomic E-state index is 12.9. The van der Waals surface area contributed by atoms with Gasteiger partial charge in [0, 0.05) is 31.1 Å². The number of benzene rings is 2. The van der Waals surface area contributed by atoms with Crippen LogP contribution in [0.2, 0.25) is 0 Å². The number of methoxy groups -OCH3 is 1. The first-order valence-electron chi connectivity index (χ1n) is 12.8. The van der Waals surface area contributed by atoms with Crippen LogP contribution in [0, 0.1) is 6.92 Å². The van der Waals surface area contributed by atoms with E-state index in [0.717, 1.165) is 29.8 Å². The highest BCUT2D eigenvalue weighted by Crippen LogP contribution is 2.31. The van der Waals surface area contributed by atoms with Crippen LogP contribution in [0.1, 0.15) is 34.9 Å². The van der Waals surface area contributed by atoms with Crippen molar-refractivity contribution in [2.24, 2.45) is 0 Å². The minimum atomic E-state index is -0.389. The average Bonchev–Trinajstić information content (AvgIpc) is 3.34. The number of anilines is 3. The van der Waals surface area contributed by atoms with Crippen molar-refractivity contribution < 1.29 is 19.1 Å². The van der Waals surface area contributed by atoms with E-state index in [4.69, 9.17) is 14.6 Å². The number of hydrogen-bond donors (Lipinski definition) is 3. The summed E-state index contributed by atoms with van der Waals surface area (Å²) in [5.74, 6) is 1.68. The second kappa shape index (κ2) is 13.9. The van der Waals surface area contributed by atoms with Gasteiger partial charge in [-0.15, -0.1) is 0 Å². The Balaban J connectivity index is 1.42. The summed E-state index contributed by atoms with van der Waals surface area (Å²) in [6.45, 7) is 4.10. The van der Waals surface area contributed by atoms with E-state index in [9.17, 15) is 9.59 Å². The molecule has 1 unspecified atom stereocenters. The standard InChI is InChI=1S/C29H31IN6O4/c1-4-5-24(30)25-17-27(36(35-25)21-10-6-19(2)7-11-21)34-29(38)32-20-8-12-22(13-9-20)40-23-14-15-31-26(16-23)33-28(37)18-39-3/h6-17,24H,4-5,18H2,1-3H3,(H,31,33,37)(H2,32,34,38). The number of hydrogen-bond acceptors (Lipinski definition) is 6. The van der Waals surface area contributed by atoms with Gasteiger partial charge in [-0.25, -0.2) is 14.5 Å². The van der Waals surface area contributed by atoms with Crippen LogP contribution in [0.25, 0.3) is 5.69 Å². The second-order valence-electron chi connectivity index (χ2n) is 9.02. The molecule has 10 nitrogen and oxygen atoms in total. The molecule has 0 saturated carbocycles. The molecule has 4 aromatic rings. The first kappa shape index (κ1) is 29.0. The van der Waals surface area contributed by atoms with Gasteiger partial charge < -0.3 is 20.1 Å². The third kappa shape index (κ3) is 8.02. The predicted molar refractivity (Wildman–Crippen MR) is 164 cm³/mol. The van der Waals surface area contributed by atoms with E-state index in [1.807, 2.05) is 37.3 Å². The first-order valence-corrected chi connectivity index (χ1v) is 14.0. The van der Waals surface area contributed by atoms with Crippen LogP contribution < -0.4 is 20.7 Å². The van der Waals surface area contributed by atoms with Gasteiger partial charge in [0.25, 0.3) is 5.91 Å². The molecule has 3 N–H and O–H groups in total. The normalized spacial score (nSPS) is 11.5. The van der Waals surface area contributed by atoms with Gasteiger partial charge >= 0.3 is 6.03 Å². The Morgan fingerprint density at radius 3 is 2.42 bits per heavy atom. The number of carbonyl (C=O) groups excluding carboxylic acids is 2. The summed E-state index contributed by atoms with van der Waals surface area (Å²) >= 11 is 2.39. The lowest BCUT2D eigenvalue weighted by molar-refractivity contribution is -0.119. The van der Waals surface area contributed by atoms with Crippen LogP contribution >= 0.6 is 22.6 Å². The fraction of sp³-hybridized carbons (Fsp3) is 0.241. The molecule has 0 radical (unpaired) electrons. The molecule has 208 valence electrons. The molecule has 3 amide bonds. The van der Waals surface area contributed by atoms with E-state index >= 15 is 0 Å². The molecule has 2 heterocycles. The number of aromatic nitrogens is 3.